The maximum atomic E-state index is 12.1. The first kappa shape index (κ1) is 18.2. The second-order valence-corrected chi connectivity index (χ2v) is 6.98. The summed E-state index contributed by atoms with van der Waals surface area (Å²) >= 11 is 0. The number of hydrogen-bond acceptors (Lipinski definition) is 4. The lowest BCUT2D eigenvalue weighted by Gasteiger charge is -2.36. The topological polar surface area (TPSA) is 69.4 Å². The zero-order valence-electron chi connectivity index (χ0n) is 14.5. The standard InChI is InChI=1S/C19H25NO4/c1-13(2)17-10-4-14(3)12-18(17)24-19(21)11-7-15-5-8-16(9-6-15)20(22)23/h5-9,11,13-14,17-18H,4,10,12H2,1-3H3/b11-7+/t14-,17+,18-/m1/s1. The third-order valence-electron chi connectivity index (χ3n) is 4.74. The normalized spacial score (nSPS) is 24.2. The van der Waals surface area contributed by atoms with Crippen LogP contribution in [-0.4, -0.2) is 17.0 Å². The monoisotopic (exact) mass is 331 g/mol. The molecule has 0 amide bonds. The number of rotatable bonds is 5. The van der Waals surface area contributed by atoms with Gasteiger partial charge in [0, 0.05) is 18.2 Å². The summed E-state index contributed by atoms with van der Waals surface area (Å²) in [4.78, 5) is 22.3. The Balaban J connectivity index is 1.96. The van der Waals surface area contributed by atoms with Crippen LogP contribution < -0.4 is 0 Å². The van der Waals surface area contributed by atoms with Crippen molar-refractivity contribution in [3.8, 4) is 0 Å². The molecule has 3 atom stereocenters. The number of nitro benzene ring substituents is 1. The number of non-ortho nitro benzene ring substituents is 1. The van der Waals surface area contributed by atoms with Crippen LogP contribution in [0.5, 0.6) is 0 Å². The minimum absolute atomic E-state index is 0.0252. The fraction of sp³-hybridized carbons (Fsp3) is 0.526. The molecule has 2 rings (SSSR count). The molecule has 5 heteroatoms. The minimum Gasteiger partial charge on any atom is -0.459 e. The second kappa shape index (κ2) is 8.08. The summed E-state index contributed by atoms with van der Waals surface area (Å²) in [6, 6.07) is 6.06. The van der Waals surface area contributed by atoms with Crippen LogP contribution in [0.1, 0.15) is 45.6 Å². The van der Waals surface area contributed by atoms with E-state index in [-0.39, 0.29) is 17.8 Å². The van der Waals surface area contributed by atoms with Gasteiger partial charge in [-0.2, -0.15) is 0 Å². The number of benzene rings is 1. The minimum atomic E-state index is -0.446. The summed E-state index contributed by atoms with van der Waals surface area (Å²) in [5, 5.41) is 10.6. The Bertz CT molecular complexity index is 606. The van der Waals surface area contributed by atoms with Crippen molar-refractivity contribution in [1.82, 2.24) is 0 Å². The van der Waals surface area contributed by atoms with Crippen molar-refractivity contribution >= 4 is 17.7 Å². The van der Waals surface area contributed by atoms with E-state index in [0.29, 0.717) is 17.8 Å². The van der Waals surface area contributed by atoms with Gasteiger partial charge < -0.3 is 4.74 Å². The van der Waals surface area contributed by atoms with Crippen LogP contribution in [0.2, 0.25) is 0 Å². The number of ether oxygens (including phenoxy) is 1. The van der Waals surface area contributed by atoms with Crippen molar-refractivity contribution in [1.29, 1.82) is 0 Å². The van der Waals surface area contributed by atoms with E-state index in [1.807, 2.05) is 0 Å². The summed E-state index contributed by atoms with van der Waals surface area (Å²) in [5.41, 5.74) is 0.765. The van der Waals surface area contributed by atoms with Crippen LogP contribution >= 0.6 is 0 Å². The summed E-state index contributed by atoms with van der Waals surface area (Å²) < 4.78 is 5.69. The highest BCUT2D eigenvalue weighted by Gasteiger charge is 2.32. The molecule has 0 bridgehead atoms. The fourth-order valence-corrected chi connectivity index (χ4v) is 3.31. The van der Waals surface area contributed by atoms with E-state index >= 15 is 0 Å². The molecular weight excluding hydrogens is 306 g/mol. The fourth-order valence-electron chi connectivity index (χ4n) is 3.31. The molecule has 5 nitrogen and oxygen atoms in total. The molecule has 1 aliphatic carbocycles. The summed E-state index contributed by atoms with van der Waals surface area (Å²) in [6.07, 6.45) is 6.21. The van der Waals surface area contributed by atoms with Gasteiger partial charge in [-0.25, -0.2) is 4.79 Å². The van der Waals surface area contributed by atoms with Gasteiger partial charge in [0.25, 0.3) is 5.69 Å². The van der Waals surface area contributed by atoms with Gasteiger partial charge in [0.2, 0.25) is 0 Å². The van der Waals surface area contributed by atoms with Crippen LogP contribution in [0, 0.1) is 27.9 Å². The Labute approximate surface area is 142 Å². The molecule has 0 aliphatic heterocycles. The molecule has 0 radical (unpaired) electrons. The summed E-state index contributed by atoms with van der Waals surface area (Å²) in [7, 11) is 0. The van der Waals surface area contributed by atoms with E-state index in [9.17, 15) is 14.9 Å². The first-order valence-electron chi connectivity index (χ1n) is 8.50. The van der Waals surface area contributed by atoms with Crippen molar-refractivity contribution in [2.75, 3.05) is 0 Å². The average Bonchev–Trinajstić information content (AvgIpc) is 2.53. The maximum Gasteiger partial charge on any atom is 0.331 e. The zero-order valence-corrected chi connectivity index (χ0v) is 14.5. The van der Waals surface area contributed by atoms with E-state index in [1.54, 1.807) is 18.2 Å². The van der Waals surface area contributed by atoms with Crippen LogP contribution in [-0.2, 0) is 9.53 Å². The molecule has 1 aliphatic rings. The number of esters is 1. The number of carbonyl (C=O) groups is 1. The SMILES string of the molecule is CC(C)[C@@H]1CC[C@@H](C)C[C@H]1OC(=O)/C=C/c1ccc([N+](=O)[O-])cc1. The molecule has 0 saturated heterocycles. The molecule has 1 fully saturated rings. The van der Waals surface area contributed by atoms with Gasteiger partial charge in [-0.05, 0) is 54.4 Å². The number of carbonyl (C=O) groups excluding carboxylic acids is 1. The number of nitro groups is 1. The second-order valence-electron chi connectivity index (χ2n) is 6.98. The first-order chi connectivity index (χ1) is 11.4. The Hall–Kier alpha value is -2.17. The Morgan fingerprint density at radius 1 is 1.29 bits per heavy atom. The molecule has 130 valence electrons. The van der Waals surface area contributed by atoms with Crippen molar-refractivity contribution in [3.63, 3.8) is 0 Å². The van der Waals surface area contributed by atoms with E-state index in [4.69, 9.17) is 4.74 Å². The van der Waals surface area contributed by atoms with Gasteiger partial charge in [0.15, 0.2) is 0 Å². The largest absolute Gasteiger partial charge is 0.459 e. The molecule has 0 unspecified atom stereocenters. The van der Waals surface area contributed by atoms with Gasteiger partial charge >= 0.3 is 5.97 Å². The zero-order chi connectivity index (χ0) is 17.7. The van der Waals surface area contributed by atoms with Gasteiger partial charge in [0.05, 0.1) is 4.92 Å². The predicted molar refractivity (Wildman–Crippen MR) is 93.4 cm³/mol. The Kier molecular flexibility index (Phi) is 6.12. The van der Waals surface area contributed by atoms with Crippen LogP contribution in [0.4, 0.5) is 5.69 Å². The third-order valence-corrected chi connectivity index (χ3v) is 4.74. The van der Waals surface area contributed by atoms with Crippen molar-refractivity contribution in [3.05, 3.63) is 46.0 Å². The highest BCUT2D eigenvalue weighted by Crippen LogP contribution is 2.35. The van der Waals surface area contributed by atoms with E-state index in [0.717, 1.165) is 18.4 Å². The van der Waals surface area contributed by atoms with Gasteiger partial charge in [-0.3, -0.25) is 10.1 Å². The van der Waals surface area contributed by atoms with Crippen molar-refractivity contribution in [2.45, 2.75) is 46.1 Å². The number of hydrogen-bond donors (Lipinski definition) is 0. The van der Waals surface area contributed by atoms with E-state index in [2.05, 4.69) is 20.8 Å². The molecule has 1 aromatic rings. The quantitative estimate of drug-likeness (QED) is 0.342. The molecule has 0 heterocycles. The highest BCUT2D eigenvalue weighted by molar-refractivity contribution is 5.87. The predicted octanol–water partition coefficient (Wildman–Crippen LogP) is 4.61. The summed E-state index contributed by atoms with van der Waals surface area (Å²) in [5.74, 6) is 1.14. The molecule has 0 aromatic heterocycles. The van der Waals surface area contributed by atoms with Crippen LogP contribution in [0.3, 0.4) is 0 Å². The van der Waals surface area contributed by atoms with Gasteiger partial charge in [-0.1, -0.05) is 27.2 Å². The first-order valence-corrected chi connectivity index (χ1v) is 8.50. The van der Waals surface area contributed by atoms with E-state index in [1.165, 1.54) is 24.6 Å². The van der Waals surface area contributed by atoms with E-state index < -0.39 is 4.92 Å². The molecular formula is C19H25NO4. The molecule has 0 spiro atoms. The molecule has 1 aromatic carbocycles. The molecule has 24 heavy (non-hydrogen) atoms. The molecule has 0 N–H and O–H groups in total. The summed E-state index contributed by atoms with van der Waals surface area (Å²) in [6.45, 7) is 6.55. The Morgan fingerprint density at radius 2 is 1.96 bits per heavy atom. The average molecular weight is 331 g/mol. The van der Waals surface area contributed by atoms with Crippen LogP contribution in [0.15, 0.2) is 30.3 Å². The number of nitrogens with zero attached hydrogens (tertiary/aromatic N) is 1. The van der Waals surface area contributed by atoms with Crippen LogP contribution in [0.25, 0.3) is 6.08 Å². The highest BCUT2D eigenvalue weighted by atomic mass is 16.6. The smallest absolute Gasteiger partial charge is 0.331 e. The lowest BCUT2D eigenvalue weighted by atomic mass is 9.75. The maximum absolute atomic E-state index is 12.1. The lowest BCUT2D eigenvalue weighted by Crippen LogP contribution is -2.35. The van der Waals surface area contributed by atoms with Crippen molar-refractivity contribution < 1.29 is 14.5 Å². The lowest BCUT2D eigenvalue weighted by molar-refractivity contribution is -0.384. The Morgan fingerprint density at radius 3 is 2.54 bits per heavy atom. The van der Waals surface area contributed by atoms with Crippen molar-refractivity contribution in [2.24, 2.45) is 17.8 Å². The third kappa shape index (κ3) is 4.91. The van der Waals surface area contributed by atoms with Gasteiger partial charge in [-0.15, -0.1) is 0 Å². The van der Waals surface area contributed by atoms with Gasteiger partial charge in [0.1, 0.15) is 6.10 Å². The molecule has 1 saturated carbocycles.